The molecule has 0 unspecified atom stereocenters. The molecule has 0 spiro atoms. The number of pyridine rings is 1. The summed E-state index contributed by atoms with van der Waals surface area (Å²) >= 11 is 0. The Balaban J connectivity index is 2.23. The van der Waals surface area contributed by atoms with Crippen LogP contribution in [0.5, 0.6) is 0 Å². The maximum Gasteiger partial charge on any atom is 0.287 e. The average molecular weight is 244 g/mol. The van der Waals surface area contributed by atoms with E-state index in [9.17, 15) is 9.18 Å². The Morgan fingerprint density at radius 1 is 1.33 bits per heavy atom. The summed E-state index contributed by atoms with van der Waals surface area (Å²) in [6.07, 6.45) is 3.56. The first-order chi connectivity index (χ1) is 8.65. The van der Waals surface area contributed by atoms with E-state index in [2.05, 4.69) is 15.0 Å². The Kier molecular flexibility index (Phi) is 2.22. The van der Waals surface area contributed by atoms with Crippen LogP contribution < -0.4 is 5.56 Å². The van der Waals surface area contributed by atoms with Gasteiger partial charge in [-0.3, -0.25) is 4.79 Å². The molecular weight excluding hydrogens is 235 g/mol. The normalized spacial score (nSPS) is 11.0. The summed E-state index contributed by atoms with van der Waals surface area (Å²) in [5, 5.41) is 0. The third-order valence-electron chi connectivity index (χ3n) is 2.64. The van der Waals surface area contributed by atoms with Crippen molar-refractivity contribution >= 4 is 5.65 Å². The Bertz CT molecular complexity index is 757. The lowest BCUT2D eigenvalue weighted by atomic mass is 10.4. The van der Waals surface area contributed by atoms with Crippen LogP contribution in [-0.4, -0.2) is 19.4 Å². The topological polar surface area (TPSA) is 63.1 Å². The number of aromatic amines is 1. The molecule has 18 heavy (non-hydrogen) atoms. The molecule has 0 aliphatic rings. The molecule has 0 saturated heterocycles. The first-order valence-electron chi connectivity index (χ1n) is 5.35. The molecule has 0 saturated carbocycles. The molecule has 1 N–H and O–H groups in total. The van der Waals surface area contributed by atoms with E-state index in [1.165, 1.54) is 6.92 Å². The molecule has 3 rings (SSSR count). The Labute approximate surface area is 101 Å². The maximum atomic E-state index is 13.2. The molecule has 0 bridgehead atoms. The molecule has 90 valence electrons. The highest BCUT2D eigenvalue weighted by Gasteiger charge is 2.11. The first kappa shape index (κ1) is 10.6. The van der Waals surface area contributed by atoms with Crippen molar-refractivity contribution in [3.8, 4) is 11.5 Å². The molecule has 0 fully saturated rings. The number of halogens is 1. The van der Waals surface area contributed by atoms with Crippen LogP contribution in [0, 0.1) is 12.7 Å². The number of imidazole rings is 1. The third-order valence-corrected chi connectivity index (χ3v) is 2.64. The molecule has 3 heterocycles. The van der Waals surface area contributed by atoms with E-state index in [1.54, 1.807) is 10.6 Å². The Morgan fingerprint density at radius 3 is 2.89 bits per heavy atom. The highest BCUT2D eigenvalue weighted by molar-refractivity contribution is 5.55. The summed E-state index contributed by atoms with van der Waals surface area (Å²) in [6, 6.07) is 5.56. The Hall–Kier alpha value is -2.50. The van der Waals surface area contributed by atoms with Gasteiger partial charge in [0.05, 0.1) is 5.69 Å². The number of aromatic nitrogens is 4. The SMILES string of the molecule is Cc1nc(-c2cn3ccccc3n2)[nH]c(=O)c1F. The van der Waals surface area contributed by atoms with Gasteiger partial charge in [0.1, 0.15) is 11.3 Å². The summed E-state index contributed by atoms with van der Waals surface area (Å²) in [5.41, 5.74) is 0.513. The highest BCUT2D eigenvalue weighted by atomic mass is 19.1. The zero-order valence-electron chi connectivity index (χ0n) is 9.51. The molecule has 5 nitrogen and oxygen atoms in total. The lowest BCUT2D eigenvalue weighted by Gasteiger charge is -1.98. The Morgan fingerprint density at radius 2 is 2.17 bits per heavy atom. The summed E-state index contributed by atoms with van der Waals surface area (Å²) < 4.78 is 15.0. The van der Waals surface area contributed by atoms with Crippen LogP contribution >= 0.6 is 0 Å². The van der Waals surface area contributed by atoms with Crippen molar-refractivity contribution in [3.05, 3.63) is 52.5 Å². The standard InChI is InChI=1S/C12H9FN4O/c1-7-10(13)12(18)16-11(14-7)8-6-17-5-3-2-4-9(17)15-8/h2-6H,1H3,(H,14,16,18). The summed E-state index contributed by atoms with van der Waals surface area (Å²) in [4.78, 5) is 22.0. The van der Waals surface area contributed by atoms with E-state index in [4.69, 9.17) is 0 Å². The molecule has 3 aromatic heterocycles. The minimum atomic E-state index is -0.859. The number of H-pyrrole nitrogens is 1. The molecule has 0 radical (unpaired) electrons. The second kappa shape index (κ2) is 3.76. The van der Waals surface area contributed by atoms with Crippen LogP contribution in [0.3, 0.4) is 0 Å². The van der Waals surface area contributed by atoms with Crippen LogP contribution in [0.4, 0.5) is 4.39 Å². The molecular formula is C12H9FN4O. The fraction of sp³-hybridized carbons (Fsp3) is 0.0833. The third kappa shape index (κ3) is 1.58. The quantitative estimate of drug-likeness (QED) is 0.706. The van der Waals surface area contributed by atoms with Gasteiger partial charge in [-0.15, -0.1) is 0 Å². The first-order valence-corrected chi connectivity index (χ1v) is 5.35. The number of fused-ring (bicyclic) bond motifs is 1. The van der Waals surface area contributed by atoms with E-state index in [-0.39, 0.29) is 11.5 Å². The number of nitrogens with zero attached hydrogens (tertiary/aromatic N) is 3. The van der Waals surface area contributed by atoms with Gasteiger partial charge < -0.3 is 9.38 Å². The highest BCUT2D eigenvalue weighted by Crippen LogP contribution is 2.14. The predicted octanol–water partition coefficient (Wildman–Crippen LogP) is 1.53. The zero-order valence-corrected chi connectivity index (χ0v) is 9.51. The van der Waals surface area contributed by atoms with Gasteiger partial charge in [-0.1, -0.05) is 6.07 Å². The largest absolute Gasteiger partial charge is 0.306 e. The number of nitrogens with one attached hydrogen (secondary N) is 1. The van der Waals surface area contributed by atoms with Gasteiger partial charge in [-0.05, 0) is 19.1 Å². The molecule has 0 atom stereocenters. The average Bonchev–Trinajstić information content (AvgIpc) is 2.79. The fourth-order valence-electron chi connectivity index (χ4n) is 1.74. The lowest BCUT2D eigenvalue weighted by molar-refractivity contribution is 0.589. The van der Waals surface area contributed by atoms with Gasteiger partial charge in [0.25, 0.3) is 5.56 Å². The van der Waals surface area contributed by atoms with Gasteiger partial charge in [0.15, 0.2) is 5.82 Å². The fourth-order valence-corrected chi connectivity index (χ4v) is 1.74. The van der Waals surface area contributed by atoms with Crippen LogP contribution in [0.25, 0.3) is 17.2 Å². The van der Waals surface area contributed by atoms with E-state index < -0.39 is 11.4 Å². The van der Waals surface area contributed by atoms with Crippen molar-refractivity contribution in [3.63, 3.8) is 0 Å². The van der Waals surface area contributed by atoms with Crippen molar-refractivity contribution in [1.82, 2.24) is 19.4 Å². The summed E-state index contributed by atoms with van der Waals surface area (Å²) in [6.45, 7) is 1.45. The smallest absolute Gasteiger partial charge is 0.287 e. The molecule has 0 aliphatic carbocycles. The molecule has 3 aromatic rings. The van der Waals surface area contributed by atoms with Gasteiger partial charge in [-0.2, -0.15) is 4.39 Å². The molecule has 0 aromatic carbocycles. The monoisotopic (exact) mass is 244 g/mol. The number of rotatable bonds is 1. The summed E-state index contributed by atoms with van der Waals surface area (Å²) in [5.74, 6) is -0.592. The minimum absolute atomic E-state index is 0.0609. The number of hydrogen-bond acceptors (Lipinski definition) is 3. The van der Waals surface area contributed by atoms with Crippen LogP contribution in [0.1, 0.15) is 5.69 Å². The van der Waals surface area contributed by atoms with E-state index >= 15 is 0 Å². The van der Waals surface area contributed by atoms with Crippen LogP contribution in [0.2, 0.25) is 0 Å². The summed E-state index contributed by atoms with van der Waals surface area (Å²) in [7, 11) is 0. The molecule has 0 amide bonds. The maximum absolute atomic E-state index is 13.2. The van der Waals surface area contributed by atoms with Gasteiger partial charge in [0, 0.05) is 12.4 Å². The second-order valence-corrected chi connectivity index (χ2v) is 3.91. The van der Waals surface area contributed by atoms with Gasteiger partial charge in [0.2, 0.25) is 5.82 Å². The van der Waals surface area contributed by atoms with E-state index in [0.29, 0.717) is 5.69 Å². The van der Waals surface area contributed by atoms with Crippen molar-refractivity contribution in [2.24, 2.45) is 0 Å². The predicted molar refractivity (Wildman–Crippen MR) is 63.7 cm³/mol. The second-order valence-electron chi connectivity index (χ2n) is 3.91. The molecule has 6 heteroatoms. The number of hydrogen-bond donors (Lipinski definition) is 1. The number of aryl methyl sites for hydroxylation is 1. The zero-order chi connectivity index (χ0) is 12.7. The van der Waals surface area contributed by atoms with Crippen LogP contribution in [-0.2, 0) is 0 Å². The molecule has 0 aliphatic heterocycles. The minimum Gasteiger partial charge on any atom is -0.306 e. The van der Waals surface area contributed by atoms with Gasteiger partial charge in [-0.25, -0.2) is 9.97 Å². The van der Waals surface area contributed by atoms with Crippen molar-refractivity contribution < 1.29 is 4.39 Å². The van der Waals surface area contributed by atoms with E-state index in [0.717, 1.165) is 5.65 Å². The van der Waals surface area contributed by atoms with E-state index in [1.807, 2.05) is 24.4 Å². The van der Waals surface area contributed by atoms with Crippen molar-refractivity contribution in [2.75, 3.05) is 0 Å². The van der Waals surface area contributed by atoms with Gasteiger partial charge >= 0.3 is 0 Å². The van der Waals surface area contributed by atoms with Crippen molar-refractivity contribution in [1.29, 1.82) is 0 Å². The lowest BCUT2D eigenvalue weighted by Crippen LogP contribution is -2.15. The van der Waals surface area contributed by atoms with Crippen LogP contribution in [0.15, 0.2) is 35.4 Å². The van der Waals surface area contributed by atoms with Crippen molar-refractivity contribution in [2.45, 2.75) is 6.92 Å².